The first-order valence-electron chi connectivity index (χ1n) is 10.1. The quantitative estimate of drug-likeness (QED) is 0.639. The first-order valence-corrected chi connectivity index (χ1v) is 11.6. The highest BCUT2D eigenvalue weighted by Gasteiger charge is 2.56. The number of nitrogens with zero attached hydrogens (tertiary/aromatic N) is 4. The lowest BCUT2D eigenvalue weighted by atomic mass is 9.87. The van der Waals surface area contributed by atoms with Gasteiger partial charge in [0.1, 0.15) is 35.6 Å². The molecule has 2 aromatic rings. The molecule has 0 saturated heterocycles. The van der Waals surface area contributed by atoms with Crippen LogP contribution in [0.4, 0.5) is 14.5 Å². The maximum Gasteiger partial charge on any atom is 0.275 e. The van der Waals surface area contributed by atoms with Crippen molar-refractivity contribution in [2.75, 3.05) is 25.6 Å². The monoisotopic (exact) mass is 480 g/mol. The molecule has 176 valence electrons. The number of rotatable bonds is 6. The largest absolute Gasteiger partial charge is 0.474 e. The number of anilines is 1. The summed E-state index contributed by atoms with van der Waals surface area (Å²) in [5.41, 5.74) is 4.72. The molecule has 1 aliphatic heterocycles. The summed E-state index contributed by atoms with van der Waals surface area (Å²) in [6.45, 7) is -0.869. The van der Waals surface area contributed by atoms with Gasteiger partial charge in [0.05, 0.1) is 12.4 Å². The van der Waals surface area contributed by atoms with E-state index in [2.05, 4.69) is 20.3 Å². The second kappa shape index (κ2) is 8.54. The Morgan fingerprint density at radius 1 is 1.36 bits per heavy atom. The van der Waals surface area contributed by atoms with Gasteiger partial charge in [-0.25, -0.2) is 36.5 Å². The van der Waals surface area contributed by atoms with Crippen LogP contribution in [-0.2, 0) is 15.6 Å². The first kappa shape index (κ1) is 22.8. The predicted molar refractivity (Wildman–Crippen MR) is 115 cm³/mol. The van der Waals surface area contributed by atoms with Crippen molar-refractivity contribution in [3.05, 3.63) is 47.7 Å². The van der Waals surface area contributed by atoms with E-state index >= 15 is 0 Å². The molecular weight excluding hydrogens is 458 g/mol. The smallest absolute Gasteiger partial charge is 0.275 e. The van der Waals surface area contributed by atoms with E-state index in [1.807, 2.05) is 0 Å². The van der Waals surface area contributed by atoms with Crippen LogP contribution in [0.25, 0.3) is 0 Å². The predicted octanol–water partition coefficient (Wildman–Crippen LogP) is 1.55. The fourth-order valence-corrected chi connectivity index (χ4v) is 6.16. The summed E-state index contributed by atoms with van der Waals surface area (Å²) >= 11 is 0. The summed E-state index contributed by atoms with van der Waals surface area (Å²) in [6, 6.07) is 3.86. The number of aromatic nitrogens is 2. The summed E-state index contributed by atoms with van der Waals surface area (Å²) in [5, 5.41) is 1.63. The molecule has 1 aromatic carbocycles. The molecule has 0 spiro atoms. The number of ether oxygens (including phenoxy) is 1. The lowest BCUT2D eigenvalue weighted by Gasteiger charge is -2.39. The molecule has 10 nitrogen and oxygen atoms in total. The number of carbonyl (C=O) groups excluding carboxylic acids is 1. The number of hydrogen-bond donors (Lipinski definition) is 2. The Labute approximate surface area is 188 Å². The molecule has 1 saturated carbocycles. The highest BCUT2D eigenvalue weighted by atomic mass is 32.2. The minimum absolute atomic E-state index is 0.0449. The van der Waals surface area contributed by atoms with Gasteiger partial charge in [0.25, 0.3) is 5.91 Å². The Morgan fingerprint density at radius 2 is 2.15 bits per heavy atom. The summed E-state index contributed by atoms with van der Waals surface area (Å²) in [4.78, 5) is 24.8. The molecule has 1 amide bonds. The van der Waals surface area contributed by atoms with Gasteiger partial charge in [0.2, 0.25) is 21.9 Å². The highest BCUT2D eigenvalue weighted by Crippen LogP contribution is 2.49. The summed E-state index contributed by atoms with van der Waals surface area (Å²) in [5.74, 6) is -1.42. The average Bonchev–Trinajstić information content (AvgIpc) is 3.23. The van der Waals surface area contributed by atoms with Gasteiger partial charge in [0, 0.05) is 18.3 Å². The number of amides is 1. The number of halogens is 2. The highest BCUT2D eigenvalue weighted by molar-refractivity contribution is 7.90. The van der Waals surface area contributed by atoms with E-state index in [0.29, 0.717) is 19.3 Å². The number of fused-ring (bicyclic) bond motifs is 1. The number of carbonyl (C=O) groups is 1. The van der Waals surface area contributed by atoms with Gasteiger partial charge in [-0.2, -0.15) is 0 Å². The van der Waals surface area contributed by atoms with Gasteiger partial charge in [-0.1, -0.05) is 0 Å². The third-order valence-electron chi connectivity index (χ3n) is 5.81. The van der Waals surface area contributed by atoms with Gasteiger partial charge >= 0.3 is 0 Å². The summed E-state index contributed by atoms with van der Waals surface area (Å²) < 4.78 is 59.0. The van der Waals surface area contributed by atoms with E-state index < -0.39 is 39.2 Å². The normalized spacial score (nSPS) is 23.5. The van der Waals surface area contributed by atoms with Crippen LogP contribution >= 0.6 is 0 Å². The molecule has 2 atom stereocenters. The lowest BCUT2D eigenvalue weighted by molar-refractivity contribution is 0.102. The zero-order valence-electron chi connectivity index (χ0n) is 17.7. The lowest BCUT2D eigenvalue weighted by Crippen LogP contribution is -2.55. The van der Waals surface area contributed by atoms with Gasteiger partial charge in [0.15, 0.2) is 0 Å². The van der Waals surface area contributed by atoms with E-state index in [-0.39, 0.29) is 35.4 Å². The fraction of sp³-hybridized carbons (Fsp3) is 0.400. The molecule has 13 heteroatoms. The van der Waals surface area contributed by atoms with E-state index in [9.17, 15) is 22.0 Å². The SMILES string of the molecule is CN1C(N)=N[C@@]2(c3cc(NC(=O)c4cnc(OCCF)cn4)ccc3F)CCC[C@H]2S1(=O)=O. The van der Waals surface area contributed by atoms with Crippen molar-refractivity contribution in [2.24, 2.45) is 10.7 Å². The van der Waals surface area contributed by atoms with Crippen molar-refractivity contribution >= 4 is 27.6 Å². The molecule has 33 heavy (non-hydrogen) atoms. The maximum atomic E-state index is 15.0. The van der Waals surface area contributed by atoms with E-state index in [4.69, 9.17) is 10.5 Å². The number of nitrogens with one attached hydrogen (secondary N) is 1. The summed E-state index contributed by atoms with van der Waals surface area (Å²) in [6.07, 6.45) is 3.48. The maximum absolute atomic E-state index is 15.0. The van der Waals surface area contributed by atoms with Gasteiger partial charge in [-0.05, 0) is 37.5 Å². The number of alkyl halides is 1. The van der Waals surface area contributed by atoms with Crippen molar-refractivity contribution in [3.63, 3.8) is 0 Å². The molecule has 2 heterocycles. The van der Waals surface area contributed by atoms with Gasteiger partial charge in [-0.15, -0.1) is 0 Å². The van der Waals surface area contributed by atoms with Crippen molar-refractivity contribution in [3.8, 4) is 5.88 Å². The Bertz CT molecular complexity index is 1210. The van der Waals surface area contributed by atoms with Gasteiger partial charge < -0.3 is 15.8 Å². The molecule has 3 N–H and O–H groups in total. The fourth-order valence-electron chi connectivity index (χ4n) is 4.23. The number of benzene rings is 1. The number of hydrogen-bond acceptors (Lipinski definition) is 8. The molecule has 0 unspecified atom stereocenters. The van der Waals surface area contributed by atoms with Crippen LogP contribution in [0.15, 0.2) is 35.6 Å². The van der Waals surface area contributed by atoms with Crippen LogP contribution in [0, 0.1) is 5.82 Å². The average molecular weight is 480 g/mol. The van der Waals surface area contributed by atoms with Crippen LogP contribution in [0.1, 0.15) is 35.3 Å². The molecule has 4 rings (SSSR count). The molecule has 0 bridgehead atoms. The second-order valence-corrected chi connectivity index (χ2v) is 9.86. The third-order valence-corrected chi connectivity index (χ3v) is 8.11. The van der Waals surface area contributed by atoms with Crippen molar-refractivity contribution in [1.29, 1.82) is 0 Å². The molecule has 1 aromatic heterocycles. The minimum atomic E-state index is -3.83. The Morgan fingerprint density at radius 3 is 2.85 bits per heavy atom. The standard InChI is InChI=1S/C20H22F2N6O4S/c1-28-19(23)27-20(6-2-3-16(20)33(28,30)31)13-9-12(4-5-14(13)22)26-18(29)15-10-25-17(11-24-15)32-8-7-21/h4-5,9-11,16H,2-3,6-8H2,1H3,(H2,23,27)(H,26,29)/t16-,20-/m1/s1. The third kappa shape index (κ3) is 3.96. The Kier molecular flexibility index (Phi) is 5.91. The molecule has 1 fully saturated rings. The number of aliphatic imine (C=N–C) groups is 1. The Balaban J connectivity index is 1.64. The molecular formula is C20H22F2N6O4S. The number of sulfonamides is 1. The van der Waals surface area contributed by atoms with E-state index in [1.165, 1.54) is 25.4 Å². The Hall–Kier alpha value is -3.35. The van der Waals surface area contributed by atoms with E-state index in [1.54, 1.807) is 0 Å². The summed E-state index contributed by atoms with van der Waals surface area (Å²) in [7, 11) is -2.51. The van der Waals surface area contributed by atoms with Crippen LogP contribution in [0.2, 0.25) is 0 Å². The topological polar surface area (TPSA) is 140 Å². The number of guanidine groups is 1. The van der Waals surface area contributed by atoms with Crippen molar-refractivity contribution in [1.82, 2.24) is 14.3 Å². The zero-order valence-corrected chi connectivity index (χ0v) is 18.5. The van der Waals surface area contributed by atoms with Crippen LogP contribution in [-0.4, -0.2) is 60.1 Å². The molecule has 2 aliphatic rings. The molecule has 0 radical (unpaired) electrons. The van der Waals surface area contributed by atoms with Crippen molar-refractivity contribution < 1.29 is 26.7 Å². The van der Waals surface area contributed by atoms with Gasteiger partial charge in [-0.3, -0.25) is 4.79 Å². The van der Waals surface area contributed by atoms with Crippen molar-refractivity contribution in [2.45, 2.75) is 30.1 Å². The van der Waals surface area contributed by atoms with Crippen LogP contribution in [0.3, 0.4) is 0 Å². The molecule has 1 aliphatic carbocycles. The minimum Gasteiger partial charge on any atom is -0.474 e. The second-order valence-electron chi connectivity index (χ2n) is 7.71. The zero-order chi connectivity index (χ0) is 23.8. The van der Waals surface area contributed by atoms with E-state index in [0.717, 1.165) is 16.6 Å². The first-order chi connectivity index (χ1) is 15.7. The van der Waals surface area contributed by atoms with Crippen LogP contribution in [0.5, 0.6) is 5.88 Å². The van der Waals surface area contributed by atoms with Crippen LogP contribution < -0.4 is 15.8 Å². The number of nitrogens with two attached hydrogens (primary N) is 1.